The molecule has 0 aromatic carbocycles. The van der Waals surface area contributed by atoms with Gasteiger partial charge < -0.3 is 9.88 Å². The summed E-state index contributed by atoms with van der Waals surface area (Å²) in [6.07, 6.45) is 16.0. The lowest BCUT2D eigenvalue weighted by Crippen LogP contribution is -2.25. The third-order valence-electron chi connectivity index (χ3n) is 4.14. The molecule has 0 bridgehead atoms. The zero-order valence-corrected chi connectivity index (χ0v) is 14.4. The fraction of sp³-hybridized carbons (Fsp3) is 0.833. The van der Waals surface area contributed by atoms with Gasteiger partial charge in [-0.05, 0) is 26.3 Å². The zero-order valence-electron chi connectivity index (χ0n) is 14.4. The Morgan fingerprint density at radius 1 is 1.00 bits per heavy atom. The summed E-state index contributed by atoms with van der Waals surface area (Å²) in [4.78, 5) is 4.58. The number of aryl methyl sites for hydroxylation is 1. The van der Waals surface area contributed by atoms with E-state index in [1.54, 1.807) is 0 Å². The number of aromatic nitrogens is 2. The smallest absolute Gasteiger partial charge is 0.125 e. The minimum atomic E-state index is 0.426. The number of unbranched alkanes of at least 4 members (excludes halogenated alkanes) is 6. The maximum absolute atomic E-state index is 4.58. The van der Waals surface area contributed by atoms with Crippen molar-refractivity contribution >= 4 is 0 Å². The summed E-state index contributed by atoms with van der Waals surface area (Å²) in [7, 11) is 0. The third-order valence-corrected chi connectivity index (χ3v) is 4.14. The van der Waals surface area contributed by atoms with Gasteiger partial charge >= 0.3 is 0 Å². The van der Waals surface area contributed by atoms with Crippen LogP contribution in [0.25, 0.3) is 0 Å². The van der Waals surface area contributed by atoms with Crippen LogP contribution in [0.5, 0.6) is 0 Å². The van der Waals surface area contributed by atoms with Crippen molar-refractivity contribution in [2.45, 2.75) is 91.1 Å². The average Bonchev–Trinajstić information content (AvgIpc) is 2.97. The fourth-order valence-electron chi connectivity index (χ4n) is 2.84. The molecule has 1 N–H and O–H groups in total. The molecule has 0 aliphatic heterocycles. The summed E-state index contributed by atoms with van der Waals surface area (Å²) in [5, 5.41) is 3.67. The van der Waals surface area contributed by atoms with Crippen LogP contribution in [0, 0.1) is 0 Å². The van der Waals surface area contributed by atoms with Crippen LogP contribution in [0.3, 0.4) is 0 Å². The molecular formula is C18H35N3. The van der Waals surface area contributed by atoms with Gasteiger partial charge in [0.05, 0.1) is 6.04 Å². The summed E-state index contributed by atoms with van der Waals surface area (Å²) >= 11 is 0. The Morgan fingerprint density at radius 3 is 2.38 bits per heavy atom. The van der Waals surface area contributed by atoms with E-state index in [2.05, 4.69) is 41.8 Å². The lowest BCUT2D eigenvalue weighted by Gasteiger charge is -2.19. The number of rotatable bonds is 13. The molecule has 1 unspecified atom stereocenters. The summed E-state index contributed by atoms with van der Waals surface area (Å²) in [6, 6.07) is 0.426. The van der Waals surface area contributed by atoms with Crippen molar-refractivity contribution in [2.75, 3.05) is 6.54 Å². The predicted octanol–water partition coefficient (Wildman–Crippen LogP) is 5.08. The molecule has 122 valence electrons. The third kappa shape index (κ3) is 7.12. The van der Waals surface area contributed by atoms with Crippen LogP contribution in [0.4, 0.5) is 0 Å². The second-order valence-electron chi connectivity index (χ2n) is 5.99. The summed E-state index contributed by atoms with van der Waals surface area (Å²) < 4.78 is 2.27. The normalized spacial score (nSPS) is 12.7. The average molecular weight is 293 g/mol. The lowest BCUT2D eigenvalue weighted by molar-refractivity contribution is 0.434. The molecule has 0 spiro atoms. The van der Waals surface area contributed by atoms with Gasteiger partial charge in [-0.15, -0.1) is 0 Å². The number of hydrogen-bond acceptors (Lipinski definition) is 2. The van der Waals surface area contributed by atoms with Gasteiger partial charge in [-0.1, -0.05) is 58.8 Å². The monoisotopic (exact) mass is 293 g/mol. The Labute approximate surface area is 131 Å². The van der Waals surface area contributed by atoms with Crippen LogP contribution < -0.4 is 5.32 Å². The van der Waals surface area contributed by atoms with Gasteiger partial charge in [0.25, 0.3) is 0 Å². The van der Waals surface area contributed by atoms with Crippen molar-refractivity contribution in [1.82, 2.24) is 14.9 Å². The highest BCUT2D eigenvalue weighted by Crippen LogP contribution is 2.19. The first-order valence-electron chi connectivity index (χ1n) is 9.07. The van der Waals surface area contributed by atoms with E-state index in [0.717, 1.165) is 13.1 Å². The van der Waals surface area contributed by atoms with Gasteiger partial charge in [-0.25, -0.2) is 4.98 Å². The van der Waals surface area contributed by atoms with Crippen molar-refractivity contribution in [3.05, 3.63) is 18.2 Å². The van der Waals surface area contributed by atoms with Crippen LogP contribution in [0.15, 0.2) is 12.4 Å². The first-order valence-corrected chi connectivity index (χ1v) is 9.07. The second-order valence-corrected chi connectivity index (χ2v) is 5.99. The number of nitrogens with zero attached hydrogens (tertiary/aromatic N) is 2. The molecule has 0 aliphatic carbocycles. The van der Waals surface area contributed by atoms with Crippen LogP contribution in [0.1, 0.15) is 90.4 Å². The zero-order chi connectivity index (χ0) is 15.3. The first kappa shape index (κ1) is 18.2. The molecule has 1 aromatic heterocycles. The quantitative estimate of drug-likeness (QED) is 0.514. The van der Waals surface area contributed by atoms with Gasteiger partial charge in [-0.3, -0.25) is 0 Å². The largest absolute Gasteiger partial charge is 0.334 e. The Hall–Kier alpha value is -0.830. The van der Waals surface area contributed by atoms with E-state index in [9.17, 15) is 0 Å². The number of nitrogens with one attached hydrogen (secondary N) is 1. The van der Waals surface area contributed by atoms with Crippen molar-refractivity contribution in [3.63, 3.8) is 0 Å². The molecule has 1 aromatic rings. The van der Waals surface area contributed by atoms with Crippen LogP contribution in [-0.2, 0) is 6.54 Å². The maximum atomic E-state index is 4.58. The number of imidazole rings is 1. The predicted molar refractivity (Wildman–Crippen MR) is 91.5 cm³/mol. The molecule has 3 heteroatoms. The highest BCUT2D eigenvalue weighted by atomic mass is 15.1. The van der Waals surface area contributed by atoms with Crippen LogP contribution >= 0.6 is 0 Å². The molecular weight excluding hydrogens is 258 g/mol. The fourth-order valence-corrected chi connectivity index (χ4v) is 2.84. The van der Waals surface area contributed by atoms with E-state index in [-0.39, 0.29) is 0 Å². The highest BCUT2D eigenvalue weighted by molar-refractivity contribution is 4.99. The minimum absolute atomic E-state index is 0.426. The van der Waals surface area contributed by atoms with E-state index >= 15 is 0 Å². The van der Waals surface area contributed by atoms with E-state index < -0.39 is 0 Å². The lowest BCUT2D eigenvalue weighted by atomic mass is 10.0. The Kier molecular flexibility index (Phi) is 10.2. The van der Waals surface area contributed by atoms with Crippen molar-refractivity contribution in [2.24, 2.45) is 0 Å². The SMILES string of the molecule is CCCCCCCCCC(NCCC)c1nccn1CC. The molecule has 0 saturated carbocycles. The molecule has 0 amide bonds. The van der Waals surface area contributed by atoms with Crippen molar-refractivity contribution in [3.8, 4) is 0 Å². The molecule has 0 fully saturated rings. The minimum Gasteiger partial charge on any atom is -0.334 e. The molecule has 21 heavy (non-hydrogen) atoms. The highest BCUT2D eigenvalue weighted by Gasteiger charge is 2.15. The molecule has 0 aliphatic rings. The van der Waals surface area contributed by atoms with Gasteiger partial charge in [0.1, 0.15) is 5.82 Å². The van der Waals surface area contributed by atoms with Crippen LogP contribution in [-0.4, -0.2) is 16.1 Å². The second kappa shape index (κ2) is 11.8. The standard InChI is InChI=1S/C18H35N3/c1-4-7-8-9-10-11-12-13-17(19-14-5-2)18-20-15-16-21(18)6-3/h15-17,19H,4-14H2,1-3H3. The van der Waals surface area contributed by atoms with E-state index in [1.807, 2.05) is 6.20 Å². The number of hydrogen-bond donors (Lipinski definition) is 1. The van der Waals surface area contributed by atoms with Gasteiger partial charge in [0, 0.05) is 18.9 Å². The van der Waals surface area contributed by atoms with Crippen molar-refractivity contribution < 1.29 is 0 Å². The summed E-state index contributed by atoms with van der Waals surface area (Å²) in [5.41, 5.74) is 0. The Bertz CT molecular complexity index is 346. The van der Waals surface area contributed by atoms with E-state index in [4.69, 9.17) is 0 Å². The van der Waals surface area contributed by atoms with Gasteiger partial charge in [0.15, 0.2) is 0 Å². The summed E-state index contributed by atoms with van der Waals surface area (Å²) in [5.74, 6) is 1.22. The van der Waals surface area contributed by atoms with E-state index in [0.29, 0.717) is 6.04 Å². The topological polar surface area (TPSA) is 29.9 Å². The first-order chi connectivity index (χ1) is 10.3. The molecule has 0 radical (unpaired) electrons. The molecule has 1 atom stereocenters. The van der Waals surface area contributed by atoms with Crippen molar-refractivity contribution in [1.29, 1.82) is 0 Å². The van der Waals surface area contributed by atoms with Gasteiger partial charge in [-0.2, -0.15) is 0 Å². The van der Waals surface area contributed by atoms with Gasteiger partial charge in [0.2, 0.25) is 0 Å². The van der Waals surface area contributed by atoms with Crippen LogP contribution in [0.2, 0.25) is 0 Å². The Morgan fingerprint density at radius 2 is 1.71 bits per heavy atom. The Balaban J connectivity index is 2.33. The van der Waals surface area contributed by atoms with E-state index in [1.165, 1.54) is 63.6 Å². The molecule has 1 rings (SSSR count). The molecule has 0 saturated heterocycles. The maximum Gasteiger partial charge on any atom is 0.125 e. The summed E-state index contributed by atoms with van der Waals surface area (Å²) in [6.45, 7) is 8.79. The molecule has 1 heterocycles. The molecule has 3 nitrogen and oxygen atoms in total.